The first-order valence-corrected chi connectivity index (χ1v) is 5.23. The molecule has 86 valence electrons. The van der Waals surface area contributed by atoms with Crippen LogP contribution in [-0.2, 0) is 13.0 Å². The maximum atomic E-state index is 5.11. The number of nitrogens with one attached hydrogen (secondary N) is 1. The molecule has 2 heterocycles. The third-order valence-electron chi connectivity index (χ3n) is 2.10. The lowest BCUT2D eigenvalue weighted by Gasteiger charge is -1.94. The molecule has 0 amide bonds. The van der Waals surface area contributed by atoms with Crippen LogP contribution in [0.2, 0.25) is 0 Å². The second kappa shape index (κ2) is 5.77. The van der Waals surface area contributed by atoms with Crippen LogP contribution in [0.4, 0.5) is 0 Å². The van der Waals surface area contributed by atoms with Crippen molar-refractivity contribution < 1.29 is 4.52 Å². The van der Waals surface area contributed by atoms with Crippen LogP contribution >= 0.6 is 0 Å². The van der Waals surface area contributed by atoms with Crippen molar-refractivity contribution in [2.75, 3.05) is 6.54 Å². The summed E-state index contributed by atoms with van der Waals surface area (Å²) in [6, 6.07) is 3.85. The first kappa shape index (κ1) is 11.3. The van der Waals surface area contributed by atoms with Crippen molar-refractivity contribution >= 4 is 0 Å². The maximum absolute atomic E-state index is 5.11. The quantitative estimate of drug-likeness (QED) is 0.605. The zero-order valence-electron chi connectivity index (χ0n) is 9.26. The van der Waals surface area contributed by atoms with Crippen LogP contribution in [0.15, 0.2) is 29.0 Å². The summed E-state index contributed by atoms with van der Waals surface area (Å²) < 4.78 is 5.07. The highest BCUT2D eigenvalue weighted by Crippen LogP contribution is 2.05. The van der Waals surface area contributed by atoms with E-state index >= 15 is 0 Å². The van der Waals surface area contributed by atoms with Crippen LogP contribution < -0.4 is 5.32 Å². The number of hydrogen-bond acceptors (Lipinski definition) is 5. The highest BCUT2D eigenvalue weighted by atomic mass is 16.5. The molecular weight excluding hydrogens is 216 g/mol. The second-order valence-electron chi connectivity index (χ2n) is 3.45. The van der Waals surface area contributed by atoms with Gasteiger partial charge < -0.3 is 4.52 Å². The molecule has 0 radical (unpaired) electrons. The van der Waals surface area contributed by atoms with Gasteiger partial charge in [-0.05, 0) is 11.6 Å². The summed E-state index contributed by atoms with van der Waals surface area (Å²) in [4.78, 5) is 8.27. The molecule has 0 aliphatic heterocycles. The van der Waals surface area contributed by atoms with Crippen molar-refractivity contribution in [1.29, 1.82) is 0 Å². The average Bonchev–Trinajstić information content (AvgIpc) is 2.79. The standard InChI is InChI=1S/C12H12N4O/c1-2-5-13-9-12-15-11(16-17-12)7-10-4-3-6-14-8-10/h1,3-4,6,8,13H,5,7,9H2. The molecule has 0 atom stereocenters. The summed E-state index contributed by atoms with van der Waals surface area (Å²) in [5.41, 5.74) is 1.05. The predicted molar refractivity (Wildman–Crippen MR) is 61.9 cm³/mol. The summed E-state index contributed by atoms with van der Waals surface area (Å²) in [6.45, 7) is 0.977. The zero-order valence-corrected chi connectivity index (χ0v) is 9.26. The minimum Gasteiger partial charge on any atom is -0.338 e. The van der Waals surface area contributed by atoms with E-state index in [1.807, 2.05) is 12.1 Å². The topological polar surface area (TPSA) is 63.8 Å². The molecule has 0 aromatic carbocycles. The van der Waals surface area contributed by atoms with Gasteiger partial charge >= 0.3 is 0 Å². The van der Waals surface area contributed by atoms with Gasteiger partial charge in [0.05, 0.1) is 13.1 Å². The number of pyridine rings is 1. The molecule has 5 nitrogen and oxygen atoms in total. The molecule has 0 unspecified atom stereocenters. The summed E-state index contributed by atoms with van der Waals surface area (Å²) in [6.07, 6.45) is 9.25. The minimum atomic E-state index is 0.486. The normalized spacial score (nSPS) is 10.1. The average molecular weight is 228 g/mol. The van der Waals surface area contributed by atoms with E-state index in [9.17, 15) is 0 Å². The van der Waals surface area contributed by atoms with Crippen molar-refractivity contribution in [3.63, 3.8) is 0 Å². The summed E-state index contributed by atoms with van der Waals surface area (Å²) >= 11 is 0. The van der Waals surface area contributed by atoms with Gasteiger partial charge in [-0.3, -0.25) is 10.3 Å². The number of nitrogens with zero attached hydrogens (tertiary/aromatic N) is 3. The lowest BCUT2D eigenvalue weighted by molar-refractivity contribution is 0.366. The Balaban J connectivity index is 1.93. The summed E-state index contributed by atoms with van der Waals surface area (Å²) in [5.74, 6) is 3.66. The van der Waals surface area contributed by atoms with Gasteiger partial charge in [0.2, 0.25) is 5.89 Å². The monoisotopic (exact) mass is 228 g/mol. The summed E-state index contributed by atoms with van der Waals surface area (Å²) in [7, 11) is 0. The fourth-order valence-electron chi connectivity index (χ4n) is 1.36. The fourth-order valence-corrected chi connectivity index (χ4v) is 1.36. The predicted octanol–water partition coefficient (Wildman–Crippen LogP) is 0.778. The highest BCUT2D eigenvalue weighted by molar-refractivity contribution is 5.13. The van der Waals surface area contributed by atoms with Gasteiger partial charge in [-0.15, -0.1) is 6.42 Å². The molecule has 0 aliphatic rings. The van der Waals surface area contributed by atoms with Gasteiger partial charge in [0, 0.05) is 18.8 Å². The lowest BCUT2D eigenvalue weighted by Crippen LogP contribution is -2.13. The van der Waals surface area contributed by atoms with Crippen LogP contribution in [-0.4, -0.2) is 21.7 Å². The van der Waals surface area contributed by atoms with Crippen LogP contribution in [0.1, 0.15) is 17.3 Å². The van der Waals surface area contributed by atoms with Crippen molar-refractivity contribution in [3.8, 4) is 12.3 Å². The lowest BCUT2D eigenvalue weighted by atomic mass is 10.2. The molecule has 5 heteroatoms. The molecule has 0 saturated carbocycles. The first-order chi connectivity index (χ1) is 8.38. The minimum absolute atomic E-state index is 0.486. The number of rotatable bonds is 5. The van der Waals surface area contributed by atoms with E-state index in [0.29, 0.717) is 31.2 Å². The Morgan fingerprint density at radius 2 is 2.41 bits per heavy atom. The van der Waals surface area contributed by atoms with Crippen LogP contribution in [0.5, 0.6) is 0 Å². The maximum Gasteiger partial charge on any atom is 0.240 e. The Labute approximate surface area is 99.3 Å². The molecule has 2 aromatic rings. The molecule has 0 fully saturated rings. The van der Waals surface area contributed by atoms with E-state index in [2.05, 4.69) is 26.4 Å². The molecule has 0 aliphatic carbocycles. The van der Waals surface area contributed by atoms with Crippen molar-refractivity contribution in [3.05, 3.63) is 41.8 Å². The molecule has 2 aromatic heterocycles. The molecule has 0 bridgehead atoms. The third-order valence-corrected chi connectivity index (χ3v) is 2.10. The Kier molecular flexibility index (Phi) is 3.84. The largest absolute Gasteiger partial charge is 0.338 e. The van der Waals surface area contributed by atoms with Crippen LogP contribution in [0, 0.1) is 12.3 Å². The molecular formula is C12H12N4O. The highest BCUT2D eigenvalue weighted by Gasteiger charge is 2.06. The Bertz CT molecular complexity index is 501. The van der Waals surface area contributed by atoms with Gasteiger partial charge in [0.15, 0.2) is 5.82 Å². The van der Waals surface area contributed by atoms with Crippen LogP contribution in [0.25, 0.3) is 0 Å². The molecule has 0 saturated heterocycles. The van der Waals surface area contributed by atoms with Gasteiger partial charge in [-0.1, -0.05) is 17.1 Å². The van der Waals surface area contributed by atoms with E-state index in [1.54, 1.807) is 12.4 Å². The van der Waals surface area contributed by atoms with Crippen molar-refractivity contribution in [2.24, 2.45) is 0 Å². The number of terminal acetylenes is 1. The molecule has 1 N–H and O–H groups in total. The van der Waals surface area contributed by atoms with Crippen LogP contribution in [0.3, 0.4) is 0 Å². The van der Waals surface area contributed by atoms with Gasteiger partial charge in [-0.2, -0.15) is 4.98 Å². The first-order valence-electron chi connectivity index (χ1n) is 5.23. The second-order valence-corrected chi connectivity index (χ2v) is 3.45. The van der Waals surface area contributed by atoms with Gasteiger partial charge in [-0.25, -0.2) is 0 Å². The Morgan fingerprint density at radius 1 is 1.47 bits per heavy atom. The molecule has 17 heavy (non-hydrogen) atoms. The Morgan fingerprint density at radius 3 is 3.18 bits per heavy atom. The van der Waals surface area contributed by atoms with E-state index in [0.717, 1.165) is 5.56 Å². The van der Waals surface area contributed by atoms with Gasteiger partial charge in [0.1, 0.15) is 0 Å². The van der Waals surface area contributed by atoms with E-state index in [-0.39, 0.29) is 0 Å². The SMILES string of the molecule is C#CCNCc1nc(Cc2cccnc2)no1. The summed E-state index contributed by atoms with van der Waals surface area (Å²) in [5, 5.41) is 6.87. The third kappa shape index (κ3) is 3.40. The number of hydrogen-bond donors (Lipinski definition) is 1. The molecule has 2 rings (SSSR count). The van der Waals surface area contributed by atoms with E-state index < -0.39 is 0 Å². The zero-order chi connectivity index (χ0) is 11.9. The smallest absolute Gasteiger partial charge is 0.240 e. The fraction of sp³-hybridized carbons (Fsp3) is 0.250. The number of aromatic nitrogens is 3. The van der Waals surface area contributed by atoms with Gasteiger partial charge in [0.25, 0.3) is 0 Å². The van der Waals surface area contributed by atoms with Crippen molar-refractivity contribution in [2.45, 2.75) is 13.0 Å². The van der Waals surface area contributed by atoms with E-state index in [1.165, 1.54) is 0 Å². The molecule has 0 spiro atoms. The van der Waals surface area contributed by atoms with E-state index in [4.69, 9.17) is 10.9 Å². The Hall–Kier alpha value is -2.19. The van der Waals surface area contributed by atoms with Crippen molar-refractivity contribution in [1.82, 2.24) is 20.4 Å².